The van der Waals surface area contributed by atoms with Crippen molar-refractivity contribution in [3.8, 4) is 0 Å². The number of piperidine rings is 1. The Kier molecular flexibility index (Phi) is 5.00. The molecule has 0 spiro atoms. The molecule has 128 valence electrons. The summed E-state index contributed by atoms with van der Waals surface area (Å²) in [6.45, 7) is 0.931. The minimum Gasteiger partial charge on any atom is -0.369 e. The maximum atomic E-state index is 12.5. The van der Waals surface area contributed by atoms with Crippen molar-refractivity contribution in [1.29, 1.82) is 0 Å². The summed E-state index contributed by atoms with van der Waals surface area (Å²) in [6, 6.07) is -1.09. The van der Waals surface area contributed by atoms with Crippen molar-refractivity contribution >= 4 is 5.91 Å². The van der Waals surface area contributed by atoms with Crippen LogP contribution in [0, 0.1) is 5.92 Å². The summed E-state index contributed by atoms with van der Waals surface area (Å²) < 4.78 is 36.7. The molecule has 5 N–H and O–H groups in total. The van der Waals surface area contributed by atoms with E-state index in [-0.39, 0.29) is 24.9 Å². The van der Waals surface area contributed by atoms with Gasteiger partial charge in [0.15, 0.2) is 5.72 Å². The van der Waals surface area contributed by atoms with Crippen LogP contribution in [0.3, 0.4) is 0 Å². The van der Waals surface area contributed by atoms with Gasteiger partial charge in [-0.2, -0.15) is 13.2 Å². The summed E-state index contributed by atoms with van der Waals surface area (Å²) in [5.74, 6) is -0.591. The Hall–Kier alpha value is -0.900. The van der Waals surface area contributed by atoms with Crippen molar-refractivity contribution < 1.29 is 23.1 Å². The summed E-state index contributed by atoms with van der Waals surface area (Å²) >= 11 is 0. The molecule has 4 unspecified atom stereocenters. The first-order valence-corrected chi connectivity index (χ1v) is 7.45. The molecule has 2 rings (SSSR count). The van der Waals surface area contributed by atoms with E-state index in [0.717, 1.165) is 6.42 Å². The minimum atomic E-state index is -4.33. The van der Waals surface area contributed by atoms with Crippen LogP contribution in [-0.4, -0.2) is 66.1 Å². The van der Waals surface area contributed by atoms with Gasteiger partial charge < -0.3 is 26.4 Å². The third-order valence-corrected chi connectivity index (χ3v) is 4.43. The highest BCUT2D eigenvalue weighted by Gasteiger charge is 2.57. The standard InChI is InChI=1S/C13H23F3N4O2/c1-12(22)10-9(3-2-4-19-10)11(21)20(12)8(5-17)6-18-7-13(14,15)16/h8-10,18-19,22H,2-7,17H2,1H3. The highest BCUT2D eigenvalue weighted by Crippen LogP contribution is 2.38. The predicted octanol–water partition coefficient (Wildman–Crippen LogP) is -0.615. The van der Waals surface area contributed by atoms with Crippen molar-refractivity contribution in [2.24, 2.45) is 11.7 Å². The third kappa shape index (κ3) is 3.37. The number of hydrogen-bond donors (Lipinski definition) is 4. The van der Waals surface area contributed by atoms with Crippen molar-refractivity contribution in [2.75, 3.05) is 26.2 Å². The van der Waals surface area contributed by atoms with Crippen molar-refractivity contribution in [2.45, 2.75) is 43.8 Å². The van der Waals surface area contributed by atoms with Crippen LogP contribution in [0.15, 0.2) is 0 Å². The molecule has 2 fully saturated rings. The number of carbonyl (C=O) groups excluding carboxylic acids is 1. The molecule has 2 aliphatic rings. The van der Waals surface area contributed by atoms with E-state index in [1.807, 2.05) is 0 Å². The van der Waals surface area contributed by atoms with E-state index >= 15 is 0 Å². The van der Waals surface area contributed by atoms with E-state index in [1.54, 1.807) is 0 Å². The van der Waals surface area contributed by atoms with Gasteiger partial charge in [-0.25, -0.2) is 0 Å². The second-order valence-electron chi connectivity index (χ2n) is 6.12. The molecule has 0 aromatic heterocycles. The lowest BCUT2D eigenvalue weighted by Gasteiger charge is -2.40. The third-order valence-electron chi connectivity index (χ3n) is 4.43. The Bertz CT molecular complexity index is 417. The zero-order valence-electron chi connectivity index (χ0n) is 12.5. The molecular formula is C13H23F3N4O2. The van der Waals surface area contributed by atoms with Crippen molar-refractivity contribution in [1.82, 2.24) is 15.5 Å². The first-order valence-electron chi connectivity index (χ1n) is 7.45. The van der Waals surface area contributed by atoms with Crippen LogP contribution in [0.1, 0.15) is 19.8 Å². The van der Waals surface area contributed by atoms with E-state index < -0.39 is 30.5 Å². The molecule has 0 saturated carbocycles. The largest absolute Gasteiger partial charge is 0.401 e. The number of halogens is 3. The normalized spacial score (nSPS) is 33.9. The van der Waals surface area contributed by atoms with Gasteiger partial charge in [0, 0.05) is 13.1 Å². The Labute approximate surface area is 127 Å². The maximum absolute atomic E-state index is 12.5. The number of hydrogen-bond acceptors (Lipinski definition) is 5. The van der Waals surface area contributed by atoms with Crippen molar-refractivity contribution in [3.63, 3.8) is 0 Å². The van der Waals surface area contributed by atoms with E-state index in [4.69, 9.17) is 5.73 Å². The Morgan fingerprint density at radius 1 is 1.59 bits per heavy atom. The number of nitrogens with zero attached hydrogens (tertiary/aromatic N) is 1. The van der Waals surface area contributed by atoms with Gasteiger partial charge in [-0.3, -0.25) is 4.79 Å². The van der Waals surface area contributed by atoms with Gasteiger partial charge in [0.1, 0.15) is 0 Å². The molecule has 6 nitrogen and oxygen atoms in total. The molecule has 0 aliphatic carbocycles. The fourth-order valence-electron chi connectivity index (χ4n) is 3.49. The second-order valence-corrected chi connectivity index (χ2v) is 6.12. The molecule has 0 radical (unpaired) electrons. The highest BCUT2D eigenvalue weighted by molar-refractivity contribution is 5.84. The van der Waals surface area contributed by atoms with Crippen molar-refractivity contribution in [3.05, 3.63) is 0 Å². The lowest BCUT2D eigenvalue weighted by Crippen LogP contribution is -2.61. The number of aliphatic hydroxyl groups is 1. The molecule has 4 atom stereocenters. The van der Waals surface area contributed by atoms with Gasteiger partial charge in [-0.05, 0) is 26.3 Å². The fourth-order valence-corrected chi connectivity index (χ4v) is 3.49. The molecule has 0 aromatic rings. The van der Waals surface area contributed by atoms with Crippen LogP contribution < -0.4 is 16.4 Å². The Morgan fingerprint density at radius 3 is 2.82 bits per heavy atom. The summed E-state index contributed by atoms with van der Waals surface area (Å²) in [4.78, 5) is 13.8. The lowest BCUT2D eigenvalue weighted by molar-refractivity contribution is -0.151. The zero-order chi connectivity index (χ0) is 16.5. The first kappa shape index (κ1) is 17.5. The average Bonchev–Trinajstić information content (AvgIpc) is 2.63. The molecule has 9 heteroatoms. The topological polar surface area (TPSA) is 90.6 Å². The van der Waals surface area contributed by atoms with Gasteiger partial charge in [-0.15, -0.1) is 0 Å². The smallest absolute Gasteiger partial charge is 0.369 e. The quantitative estimate of drug-likeness (QED) is 0.541. The number of amides is 1. The number of alkyl halides is 3. The van der Waals surface area contributed by atoms with Gasteiger partial charge in [-0.1, -0.05) is 0 Å². The first-order chi connectivity index (χ1) is 10.2. The van der Waals surface area contributed by atoms with Crippen LogP contribution in [0.5, 0.6) is 0 Å². The number of rotatable bonds is 5. The predicted molar refractivity (Wildman–Crippen MR) is 73.8 cm³/mol. The van der Waals surface area contributed by atoms with E-state index in [1.165, 1.54) is 11.8 Å². The second kappa shape index (κ2) is 6.31. The number of likely N-dealkylation sites (tertiary alicyclic amines) is 1. The van der Waals surface area contributed by atoms with Gasteiger partial charge in [0.25, 0.3) is 0 Å². The molecule has 0 aromatic carbocycles. The molecule has 2 saturated heterocycles. The minimum absolute atomic E-state index is 0.0216. The number of carbonyl (C=O) groups is 1. The van der Waals surface area contributed by atoms with Crippen LogP contribution >= 0.6 is 0 Å². The Balaban J connectivity index is 2.08. The fraction of sp³-hybridized carbons (Fsp3) is 0.923. The molecule has 2 heterocycles. The van der Waals surface area contributed by atoms with Crippen LogP contribution in [-0.2, 0) is 4.79 Å². The summed E-state index contributed by atoms with van der Waals surface area (Å²) in [5, 5.41) is 16.1. The lowest BCUT2D eigenvalue weighted by atomic mass is 9.89. The molecule has 1 amide bonds. The average molecular weight is 324 g/mol. The van der Waals surface area contributed by atoms with Gasteiger partial charge in [0.05, 0.1) is 24.5 Å². The summed E-state index contributed by atoms with van der Waals surface area (Å²) in [5.41, 5.74) is 4.18. The summed E-state index contributed by atoms with van der Waals surface area (Å²) in [6.07, 6.45) is -2.83. The molecule has 2 aliphatic heterocycles. The number of nitrogens with one attached hydrogen (secondary N) is 2. The van der Waals surface area contributed by atoms with Gasteiger partial charge >= 0.3 is 6.18 Å². The number of fused-ring (bicyclic) bond motifs is 1. The van der Waals surface area contributed by atoms with Crippen LogP contribution in [0.4, 0.5) is 13.2 Å². The monoisotopic (exact) mass is 324 g/mol. The van der Waals surface area contributed by atoms with E-state index in [2.05, 4.69) is 10.6 Å². The number of nitrogens with two attached hydrogens (primary N) is 1. The highest BCUT2D eigenvalue weighted by atomic mass is 19.4. The SMILES string of the molecule is CC1(O)C2NCCCC2C(=O)N1C(CN)CNCC(F)(F)F. The molecule has 22 heavy (non-hydrogen) atoms. The summed E-state index contributed by atoms with van der Waals surface area (Å²) in [7, 11) is 0. The van der Waals surface area contributed by atoms with Crippen LogP contribution in [0.25, 0.3) is 0 Å². The molecular weight excluding hydrogens is 301 g/mol. The van der Waals surface area contributed by atoms with E-state index in [0.29, 0.717) is 13.0 Å². The van der Waals surface area contributed by atoms with Crippen LogP contribution in [0.2, 0.25) is 0 Å². The van der Waals surface area contributed by atoms with E-state index in [9.17, 15) is 23.1 Å². The maximum Gasteiger partial charge on any atom is 0.401 e. The Morgan fingerprint density at radius 2 is 2.27 bits per heavy atom. The molecule has 0 bridgehead atoms. The zero-order valence-corrected chi connectivity index (χ0v) is 12.5. The van der Waals surface area contributed by atoms with Gasteiger partial charge in [0.2, 0.25) is 5.91 Å².